The van der Waals surface area contributed by atoms with Gasteiger partial charge in [0.1, 0.15) is 6.10 Å². The molecule has 6 heteroatoms. The fraction of sp³-hybridized carbons (Fsp3) is 0.333. The number of ether oxygens (including phenoxy) is 1. The third-order valence-electron chi connectivity index (χ3n) is 3.66. The van der Waals surface area contributed by atoms with Crippen molar-refractivity contribution in [2.45, 2.75) is 18.9 Å². The highest BCUT2D eigenvalue weighted by atomic mass is 16.5. The lowest BCUT2D eigenvalue weighted by Gasteiger charge is -2.11. The molecule has 2 N–H and O–H groups in total. The molecule has 1 aliphatic rings. The van der Waals surface area contributed by atoms with Crippen LogP contribution < -0.4 is 10.9 Å². The molecule has 2 aromatic rings. The maximum Gasteiger partial charge on any atom is 0.271 e. The number of rotatable bonds is 2. The molecular formula is C15H17N3O3. The Balaban J connectivity index is 1.71. The number of carbonyl (C=O) groups excluding carboxylic acids is 2. The normalized spacial score (nSPS) is 17.9. The summed E-state index contributed by atoms with van der Waals surface area (Å²) < 4.78 is 7.14. The minimum atomic E-state index is -0.460. The summed E-state index contributed by atoms with van der Waals surface area (Å²) in [6.45, 7) is 0.593. The van der Waals surface area contributed by atoms with Gasteiger partial charge in [-0.2, -0.15) is 0 Å². The maximum absolute atomic E-state index is 12.2. The zero-order valence-electron chi connectivity index (χ0n) is 11.8. The first kappa shape index (κ1) is 13.6. The Labute approximate surface area is 122 Å². The van der Waals surface area contributed by atoms with Crippen LogP contribution in [0.2, 0.25) is 0 Å². The summed E-state index contributed by atoms with van der Waals surface area (Å²) in [4.78, 5) is 24.0. The van der Waals surface area contributed by atoms with Crippen molar-refractivity contribution in [3.8, 4) is 0 Å². The molecule has 0 radical (unpaired) electrons. The van der Waals surface area contributed by atoms with Crippen LogP contribution in [-0.2, 0) is 16.6 Å². The predicted molar refractivity (Wildman–Crippen MR) is 77.5 cm³/mol. The lowest BCUT2D eigenvalue weighted by atomic mass is 10.2. The number of hydrazine groups is 1. The Kier molecular flexibility index (Phi) is 3.62. The first-order valence-electron chi connectivity index (χ1n) is 6.92. The quantitative estimate of drug-likeness (QED) is 0.813. The highest BCUT2D eigenvalue weighted by Crippen LogP contribution is 2.19. The molecule has 1 fully saturated rings. The summed E-state index contributed by atoms with van der Waals surface area (Å²) in [5.74, 6) is -0.640. The minimum Gasteiger partial charge on any atom is -0.368 e. The van der Waals surface area contributed by atoms with E-state index in [-0.39, 0.29) is 11.8 Å². The highest BCUT2D eigenvalue weighted by Gasteiger charge is 2.24. The van der Waals surface area contributed by atoms with E-state index in [1.165, 1.54) is 0 Å². The maximum atomic E-state index is 12.2. The molecule has 0 bridgehead atoms. The van der Waals surface area contributed by atoms with Gasteiger partial charge in [0.05, 0.1) is 5.56 Å². The molecule has 1 saturated heterocycles. The zero-order valence-corrected chi connectivity index (χ0v) is 11.8. The van der Waals surface area contributed by atoms with Crippen LogP contribution in [0.25, 0.3) is 10.9 Å². The van der Waals surface area contributed by atoms with E-state index in [0.29, 0.717) is 18.6 Å². The number of hydrogen-bond donors (Lipinski definition) is 2. The predicted octanol–water partition coefficient (Wildman–Crippen LogP) is 1.12. The van der Waals surface area contributed by atoms with E-state index in [4.69, 9.17) is 4.74 Å². The standard InChI is InChI=1S/C15H17N3O3/c1-18-9-11(10-5-2-3-6-12(10)18)14(19)16-17-15(20)13-7-4-8-21-13/h2-3,5-6,9,13H,4,7-8H2,1H3,(H,16,19)(H,17,20). The molecule has 2 amide bonds. The number of fused-ring (bicyclic) bond motifs is 1. The van der Waals surface area contributed by atoms with Gasteiger partial charge >= 0.3 is 0 Å². The number of carbonyl (C=O) groups is 2. The van der Waals surface area contributed by atoms with E-state index in [1.54, 1.807) is 6.20 Å². The molecule has 21 heavy (non-hydrogen) atoms. The first-order valence-corrected chi connectivity index (χ1v) is 6.92. The molecule has 1 atom stereocenters. The van der Waals surface area contributed by atoms with E-state index < -0.39 is 6.10 Å². The Morgan fingerprint density at radius 1 is 1.29 bits per heavy atom. The smallest absolute Gasteiger partial charge is 0.271 e. The van der Waals surface area contributed by atoms with Gasteiger partial charge in [-0.3, -0.25) is 20.4 Å². The van der Waals surface area contributed by atoms with Crippen LogP contribution in [0.1, 0.15) is 23.2 Å². The molecule has 1 unspecified atom stereocenters. The molecule has 0 saturated carbocycles. The molecule has 1 aromatic carbocycles. The van der Waals surface area contributed by atoms with E-state index in [1.807, 2.05) is 35.9 Å². The van der Waals surface area contributed by atoms with Gasteiger partial charge in [-0.25, -0.2) is 0 Å². The average Bonchev–Trinajstić information content (AvgIpc) is 3.13. The Bertz CT molecular complexity index is 687. The minimum absolute atomic E-state index is 0.305. The number of amides is 2. The topological polar surface area (TPSA) is 72.4 Å². The number of aromatic nitrogens is 1. The van der Waals surface area contributed by atoms with E-state index >= 15 is 0 Å². The average molecular weight is 287 g/mol. The number of benzene rings is 1. The van der Waals surface area contributed by atoms with Crippen molar-refractivity contribution in [1.29, 1.82) is 0 Å². The van der Waals surface area contributed by atoms with Crippen molar-refractivity contribution in [3.05, 3.63) is 36.0 Å². The monoisotopic (exact) mass is 287 g/mol. The Morgan fingerprint density at radius 2 is 2.10 bits per heavy atom. The largest absolute Gasteiger partial charge is 0.368 e. The summed E-state index contributed by atoms with van der Waals surface area (Å²) in [6.07, 6.45) is 2.85. The molecule has 3 rings (SSSR count). The van der Waals surface area contributed by atoms with Gasteiger partial charge in [0.2, 0.25) is 0 Å². The summed E-state index contributed by atoms with van der Waals surface area (Å²) in [7, 11) is 1.88. The molecule has 0 spiro atoms. The van der Waals surface area contributed by atoms with E-state index in [9.17, 15) is 9.59 Å². The Hall–Kier alpha value is -2.34. The number of nitrogens with one attached hydrogen (secondary N) is 2. The fourth-order valence-electron chi connectivity index (χ4n) is 2.57. The van der Waals surface area contributed by atoms with Gasteiger partial charge in [-0.15, -0.1) is 0 Å². The van der Waals surface area contributed by atoms with Gasteiger partial charge in [-0.1, -0.05) is 18.2 Å². The van der Waals surface area contributed by atoms with E-state index in [2.05, 4.69) is 10.9 Å². The van der Waals surface area contributed by atoms with Crippen LogP contribution in [0.3, 0.4) is 0 Å². The number of para-hydroxylation sites is 1. The van der Waals surface area contributed by atoms with Crippen molar-refractivity contribution < 1.29 is 14.3 Å². The van der Waals surface area contributed by atoms with Crippen LogP contribution in [0, 0.1) is 0 Å². The molecule has 6 nitrogen and oxygen atoms in total. The molecule has 1 aliphatic heterocycles. The summed E-state index contributed by atoms with van der Waals surface area (Å²) in [5, 5.41) is 0.851. The SMILES string of the molecule is Cn1cc(C(=O)NNC(=O)C2CCCO2)c2ccccc21. The first-order chi connectivity index (χ1) is 10.2. The Morgan fingerprint density at radius 3 is 2.86 bits per heavy atom. The van der Waals surface area contributed by atoms with Gasteiger partial charge in [0.25, 0.3) is 11.8 Å². The third-order valence-corrected chi connectivity index (χ3v) is 3.66. The van der Waals surface area contributed by atoms with Gasteiger partial charge in [0, 0.05) is 30.8 Å². The van der Waals surface area contributed by atoms with Gasteiger partial charge in [0.15, 0.2) is 0 Å². The summed E-state index contributed by atoms with van der Waals surface area (Å²) in [6, 6.07) is 7.62. The van der Waals surface area contributed by atoms with Crippen LogP contribution in [0.5, 0.6) is 0 Å². The number of nitrogens with zero attached hydrogens (tertiary/aromatic N) is 1. The molecular weight excluding hydrogens is 270 g/mol. The second kappa shape index (κ2) is 5.57. The molecule has 1 aromatic heterocycles. The molecule has 110 valence electrons. The van der Waals surface area contributed by atoms with Gasteiger partial charge in [-0.05, 0) is 18.9 Å². The van der Waals surface area contributed by atoms with Crippen LogP contribution in [0.4, 0.5) is 0 Å². The fourth-order valence-corrected chi connectivity index (χ4v) is 2.57. The third kappa shape index (κ3) is 2.62. The number of hydrogen-bond acceptors (Lipinski definition) is 3. The van der Waals surface area contributed by atoms with Gasteiger partial charge < -0.3 is 9.30 Å². The summed E-state index contributed by atoms with van der Waals surface area (Å²) in [5.41, 5.74) is 6.37. The second-order valence-corrected chi connectivity index (χ2v) is 5.12. The summed E-state index contributed by atoms with van der Waals surface area (Å²) >= 11 is 0. The van der Waals surface area contributed by atoms with Crippen molar-refractivity contribution >= 4 is 22.7 Å². The lowest BCUT2D eigenvalue weighted by Crippen LogP contribution is -2.46. The van der Waals surface area contributed by atoms with Crippen molar-refractivity contribution in [3.63, 3.8) is 0 Å². The molecule has 0 aliphatic carbocycles. The highest BCUT2D eigenvalue weighted by molar-refractivity contribution is 6.07. The second-order valence-electron chi connectivity index (χ2n) is 5.12. The van der Waals surface area contributed by atoms with Crippen molar-refractivity contribution in [2.24, 2.45) is 7.05 Å². The lowest BCUT2D eigenvalue weighted by molar-refractivity contribution is -0.130. The van der Waals surface area contributed by atoms with E-state index in [0.717, 1.165) is 17.3 Å². The van der Waals surface area contributed by atoms with Crippen LogP contribution in [0.15, 0.2) is 30.5 Å². The van der Waals surface area contributed by atoms with Crippen molar-refractivity contribution in [1.82, 2.24) is 15.4 Å². The van der Waals surface area contributed by atoms with Crippen molar-refractivity contribution in [2.75, 3.05) is 6.61 Å². The molecule has 2 heterocycles. The van der Waals surface area contributed by atoms with Crippen LogP contribution >= 0.6 is 0 Å². The van der Waals surface area contributed by atoms with Crippen LogP contribution in [-0.4, -0.2) is 29.1 Å². The number of aryl methyl sites for hydroxylation is 1. The zero-order chi connectivity index (χ0) is 14.8.